The average molecular weight is 345 g/mol. The van der Waals surface area contributed by atoms with Crippen LogP contribution in [0.15, 0.2) is 47.1 Å². The Hall–Kier alpha value is -2.20. The monoisotopic (exact) mass is 344 g/mol. The topological polar surface area (TPSA) is 47.2 Å². The number of carbonyl (C=O) groups excluding carboxylic acids is 1. The molecule has 0 atom stereocenters. The van der Waals surface area contributed by atoms with Crippen LogP contribution in [-0.2, 0) is 6.54 Å². The van der Waals surface area contributed by atoms with Gasteiger partial charge >= 0.3 is 0 Å². The Labute approximate surface area is 146 Å². The molecule has 5 heteroatoms. The van der Waals surface area contributed by atoms with Crippen molar-refractivity contribution < 1.29 is 9.21 Å². The molecule has 4 nitrogen and oxygen atoms in total. The molecule has 1 N–H and O–H groups in total. The van der Waals surface area contributed by atoms with Crippen LogP contribution in [0.1, 0.15) is 42.2 Å². The van der Waals surface area contributed by atoms with Gasteiger partial charge in [-0.3, -0.25) is 4.79 Å². The second-order valence-corrected chi connectivity index (χ2v) is 6.32. The first-order valence-electron chi connectivity index (χ1n) is 8.28. The van der Waals surface area contributed by atoms with Crippen molar-refractivity contribution >= 4 is 28.6 Å². The maximum absolute atomic E-state index is 12.6. The number of halogens is 1. The van der Waals surface area contributed by atoms with Crippen molar-refractivity contribution in [1.82, 2.24) is 9.88 Å². The van der Waals surface area contributed by atoms with E-state index in [1.807, 2.05) is 34.9 Å². The minimum absolute atomic E-state index is 0.0699. The number of benzene rings is 1. The third kappa shape index (κ3) is 3.65. The Bertz CT molecular complexity index is 835. The van der Waals surface area contributed by atoms with E-state index in [4.69, 9.17) is 16.0 Å². The lowest BCUT2D eigenvalue weighted by molar-refractivity contribution is 0.0944. The van der Waals surface area contributed by atoms with Gasteiger partial charge in [-0.05, 0) is 24.1 Å². The molecule has 3 rings (SSSR count). The molecule has 126 valence electrons. The van der Waals surface area contributed by atoms with E-state index in [1.165, 1.54) is 0 Å². The molecule has 0 aliphatic rings. The molecule has 1 amide bonds. The fraction of sp³-hybridized carbons (Fsp3) is 0.316. The first-order chi connectivity index (χ1) is 11.7. The lowest BCUT2D eigenvalue weighted by Gasteiger charge is -2.11. The highest BCUT2D eigenvalue weighted by molar-refractivity contribution is 6.30. The number of carbonyl (C=O) groups is 1. The number of amides is 1. The second-order valence-electron chi connectivity index (χ2n) is 5.88. The molecule has 3 aromatic rings. The predicted molar refractivity (Wildman–Crippen MR) is 96.6 cm³/mol. The minimum atomic E-state index is -0.0699. The van der Waals surface area contributed by atoms with E-state index < -0.39 is 0 Å². The number of nitrogens with zero attached hydrogens (tertiary/aromatic N) is 1. The summed E-state index contributed by atoms with van der Waals surface area (Å²) < 4.78 is 7.44. The van der Waals surface area contributed by atoms with E-state index in [1.54, 1.807) is 12.3 Å². The average Bonchev–Trinajstić information content (AvgIpc) is 3.14. The van der Waals surface area contributed by atoms with Gasteiger partial charge in [0.1, 0.15) is 5.69 Å². The molecule has 2 aromatic heterocycles. The van der Waals surface area contributed by atoms with Crippen molar-refractivity contribution in [1.29, 1.82) is 0 Å². The van der Waals surface area contributed by atoms with Crippen LogP contribution in [0.5, 0.6) is 0 Å². The number of nitrogens with one attached hydrogen (secondary N) is 1. The van der Waals surface area contributed by atoms with E-state index in [0.717, 1.165) is 35.9 Å². The molecule has 0 unspecified atom stereocenters. The Morgan fingerprint density at radius 1 is 1.25 bits per heavy atom. The summed E-state index contributed by atoms with van der Waals surface area (Å²) >= 11 is 6.08. The van der Waals surface area contributed by atoms with Crippen LogP contribution in [-0.4, -0.2) is 17.0 Å². The fourth-order valence-electron chi connectivity index (χ4n) is 2.82. The van der Waals surface area contributed by atoms with Gasteiger partial charge in [-0.1, -0.05) is 43.5 Å². The Balaban J connectivity index is 1.85. The lowest BCUT2D eigenvalue weighted by Crippen LogP contribution is -2.27. The Morgan fingerprint density at radius 3 is 2.92 bits per heavy atom. The van der Waals surface area contributed by atoms with Crippen LogP contribution < -0.4 is 5.32 Å². The van der Waals surface area contributed by atoms with Gasteiger partial charge in [-0.2, -0.15) is 0 Å². The zero-order chi connectivity index (χ0) is 16.9. The molecule has 0 bridgehead atoms. The standard InChI is InChI=1S/C19H21ClN2O2/c1-2-3-4-9-21-19(23)17-12-18-16(8-10-24-18)22(17)13-14-6-5-7-15(20)11-14/h5-8,10-12H,2-4,9,13H2,1H3,(H,21,23). The zero-order valence-electron chi connectivity index (χ0n) is 13.7. The smallest absolute Gasteiger partial charge is 0.268 e. The lowest BCUT2D eigenvalue weighted by atomic mass is 10.2. The normalized spacial score (nSPS) is 11.1. The summed E-state index contributed by atoms with van der Waals surface area (Å²) in [6.07, 6.45) is 4.88. The highest BCUT2D eigenvalue weighted by Crippen LogP contribution is 2.23. The van der Waals surface area contributed by atoms with Gasteiger partial charge in [0.15, 0.2) is 5.58 Å². The van der Waals surface area contributed by atoms with Crippen LogP contribution in [0.4, 0.5) is 0 Å². The summed E-state index contributed by atoms with van der Waals surface area (Å²) in [5.41, 5.74) is 3.28. The van der Waals surface area contributed by atoms with Gasteiger partial charge in [0.2, 0.25) is 0 Å². The van der Waals surface area contributed by atoms with Gasteiger partial charge in [-0.25, -0.2) is 0 Å². The highest BCUT2D eigenvalue weighted by atomic mass is 35.5. The van der Waals surface area contributed by atoms with Gasteiger partial charge in [0.25, 0.3) is 5.91 Å². The quantitative estimate of drug-likeness (QED) is 0.622. The number of unbranched alkanes of at least 4 members (excludes halogenated alkanes) is 2. The molecule has 24 heavy (non-hydrogen) atoms. The van der Waals surface area contributed by atoms with E-state index in [2.05, 4.69) is 12.2 Å². The number of aromatic nitrogens is 1. The Morgan fingerprint density at radius 2 is 2.12 bits per heavy atom. The van der Waals surface area contributed by atoms with Crippen LogP contribution in [0.2, 0.25) is 5.02 Å². The van der Waals surface area contributed by atoms with Crippen molar-refractivity contribution in [2.75, 3.05) is 6.54 Å². The third-order valence-corrected chi connectivity index (χ3v) is 4.29. The number of hydrogen-bond donors (Lipinski definition) is 1. The molecule has 0 spiro atoms. The molecule has 0 saturated carbocycles. The zero-order valence-corrected chi connectivity index (χ0v) is 14.5. The first kappa shape index (κ1) is 16.7. The molecule has 0 aliphatic carbocycles. The second kappa shape index (κ2) is 7.58. The maximum atomic E-state index is 12.6. The summed E-state index contributed by atoms with van der Waals surface area (Å²) in [6.45, 7) is 3.41. The summed E-state index contributed by atoms with van der Waals surface area (Å²) in [4.78, 5) is 12.6. The van der Waals surface area contributed by atoms with Crippen molar-refractivity contribution in [3.05, 3.63) is 58.9 Å². The molecule has 0 fully saturated rings. The fourth-order valence-corrected chi connectivity index (χ4v) is 3.03. The molecule has 2 heterocycles. The van der Waals surface area contributed by atoms with Crippen molar-refractivity contribution in [3.8, 4) is 0 Å². The van der Waals surface area contributed by atoms with Crippen LogP contribution in [0.25, 0.3) is 11.1 Å². The number of fused-ring (bicyclic) bond motifs is 1. The number of hydrogen-bond acceptors (Lipinski definition) is 2. The van der Waals surface area contributed by atoms with Crippen molar-refractivity contribution in [3.63, 3.8) is 0 Å². The van der Waals surface area contributed by atoms with Crippen molar-refractivity contribution in [2.45, 2.75) is 32.7 Å². The molecule has 0 aliphatic heterocycles. The third-order valence-electron chi connectivity index (χ3n) is 4.05. The predicted octanol–water partition coefficient (Wildman–Crippen LogP) is 4.86. The van der Waals surface area contributed by atoms with Gasteiger partial charge in [0, 0.05) is 30.2 Å². The van der Waals surface area contributed by atoms with Crippen LogP contribution in [0.3, 0.4) is 0 Å². The largest absolute Gasteiger partial charge is 0.463 e. The van der Waals surface area contributed by atoms with E-state index in [0.29, 0.717) is 23.8 Å². The summed E-state index contributed by atoms with van der Waals surface area (Å²) in [5.74, 6) is -0.0699. The molecule has 0 saturated heterocycles. The highest BCUT2D eigenvalue weighted by Gasteiger charge is 2.17. The SMILES string of the molecule is CCCCCNC(=O)c1cc2occc2n1Cc1cccc(Cl)c1. The molecular formula is C19H21ClN2O2. The molecule has 1 aromatic carbocycles. The summed E-state index contributed by atoms with van der Waals surface area (Å²) in [7, 11) is 0. The number of rotatable bonds is 7. The van der Waals surface area contributed by atoms with E-state index >= 15 is 0 Å². The van der Waals surface area contributed by atoms with Crippen LogP contribution >= 0.6 is 11.6 Å². The molecule has 0 radical (unpaired) electrons. The van der Waals surface area contributed by atoms with Gasteiger partial charge < -0.3 is 14.3 Å². The Kier molecular flexibility index (Phi) is 5.26. The minimum Gasteiger partial charge on any atom is -0.463 e. The maximum Gasteiger partial charge on any atom is 0.268 e. The number of furan rings is 1. The summed E-state index contributed by atoms with van der Waals surface area (Å²) in [5, 5.41) is 3.68. The van der Waals surface area contributed by atoms with E-state index in [9.17, 15) is 4.79 Å². The van der Waals surface area contributed by atoms with Gasteiger partial charge in [0.05, 0.1) is 11.8 Å². The first-order valence-corrected chi connectivity index (χ1v) is 8.66. The van der Waals surface area contributed by atoms with Crippen LogP contribution in [0, 0.1) is 0 Å². The van der Waals surface area contributed by atoms with E-state index in [-0.39, 0.29) is 5.91 Å². The molecular weight excluding hydrogens is 324 g/mol. The van der Waals surface area contributed by atoms with Gasteiger partial charge in [-0.15, -0.1) is 0 Å². The van der Waals surface area contributed by atoms with Crippen molar-refractivity contribution in [2.24, 2.45) is 0 Å². The summed E-state index contributed by atoms with van der Waals surface area (Å²) in [6, 6.07) is 11.4.